The molecule has 1 aliphatic heterocycles. The molecule has 0 spiro atoms. The maximum absolute atomic E-state index is 11.6. The van der Waals surface area contributed by atoms with Crippen LogP contribution in [-0.2, 0) is 4.79 Å². The van der Waals surface area contributed by atoms with Gasteiger partial charge in [-0.15, -0.1) is 0 Å². The number of likely N-dealkylation sites (tertiary alicyclic amines) is 1. The van der Waals surface area contributed by atoms with Gasteiger partial charge in [0.05, 0.1) is 5.60 Å². The Morgan fingerprint density at radius 2 is 2.15 bits per heavy atom. The summed E-state index contributed by atoms with van der Waals surface area (Å²) in [7, 11) is 0. The average molecular weight is 185 g/mol. The van der Waals surface area contributed by atoms with Gasteiger partial charge in [-0.2, -0.15) is 0 Å². The zero-order chi connectivity index (χ0) is 10.1. The Morgan fingerprint density at radius 1 is 1.54 bits per heavy atom. The number of rotatable bonds is 1. The van der Waals surface area contributed by atoms with Crippen molar-refractivity contribution in [2.45, 2.75) is 39.2 Å². The van der Waals surface area contributed by atoms with E-state index in [0.717, 1.165) is 19.4 Å². The molecule has 1 aliphatic rings. The molecule has 0 radical (unpaired) electrons. The molecule has 0 bridgehead atoms. The Bertz CT molecular complexity index is 199. The topological polar surface area (TPSA) is 40.5 Å². The lowest BCUT2D eigenvalue weighted by Crippen LogP contribution is -2.49. The van der Waals surface area contributed by atoms with Gasteiger partial charge in [0.15, 0.2) is 0 Å². The molecule has 76 valence electrons. The van der Waals surface area contributed by atoms with Gasteiger partial charge < -0.3 is 10.0 Å². The van der Waals surface area contributed by atoms with Crippen molar-refractivity contribution in [2.75, 3.05) is 13.1 Å². The van der Waals surface area contributed by atoms with Crippen molar-refractivity contribution < 1.29 is 9.90 Å². The predicted molar refractivity (Wildman–Crippen MR) is 51.3 cm³/mol. The van der Waals surface area contributed by atoms with Crippen LogP contribution in [0.4, 0.5) is 0 Å². The molecule has 1 saturated heterocycles. The maximum atomic E-state index is 11.6. The zero-order valence-corrected chi connectivity index (χ0v) is 8.71. The van der Waals surface area contributed by atoms with E-state index in [0.29, 0.717) is 6.54 Å². The third-order valence-corrected chi connectivity index (χ3v) is 2.48. The van der Waals surface area contributed by atoms with Gasteiger partial charge in [-0.1, -0.05) is 13.8 Å². The van der Waals surface area contributed by atoms with E-state index in [1.807, 2.05) is 13.8 Å². The Kier molecular flexibility index (Phi) is 2.96. The van der Waals surface area contributed by atoms with E-state index in [9.17, 15) is 9.90 Å². The number of carbonyl (C=O) groups excluding carboxylic acids is 1. The third kappa shape index (κ3) is 2.69. The largest absolute Gasteiger partial charge is 0.388 e. The summed E-state index contributed by atoms with van der Waals surface area (Å²) >= 11 is 0. The highest BCUT2D eigenvalue weighted by Gasteiger charge is 2.31. The summed E-state index contributed by atoms with van der Waals surface area (Å²) in [6.07, 6.45) is 1.71. The van der Waals surface area contributed by atoms with Gasteiger partial charge in [0.25, 0.3) is 0 Å². The van der Waals surface area contributed by atoms with Crippen LogP contribution < -0.4 is 0 Å². The van der Waals surface area contributed by atoms with Crippen LogP contribution in [0.25, 0.3) is 0 Å². The van der Waals surface area contributed by atoms with E-state index in [4.69, 9.17) is 0 Å². The normalized spacial score (nSPS) is 29.5. The van der Waals surface area contributed by atoms with Gasteiger partial charge in [-0.25, -0.2) is 0 Å². The van der Waals surface area contributed by atoms with Crippen LogP contribution in [0.2, 0.25) is 0 Å². The van der Waals surface area contributed by atoms with Gasteiger partial charge in [0, 0.05) is 19.0 Å². The molecule has 1 amide bonds. The molecule has 1 heterocycles. The van der Waals surface area contributed by atoms with Gasteiger partial charge in [0.1, 0.15) is 0 Å². The molecule has 0 aromatic heterocycles. The van der Waals surface area contributed by atoms with Crippen molar-refractivity contribution >= 4 is 5.91 Å². The monoisotopic (exact) mass is 185 g/mol. The van der Waals surface area contributed by atoms with Crippen molar-refractivity contribution in [3.63, 3.8) is 0 Å². The molecule has 0 aromatic carbocycles. The minimum absolute atomic E-state index is 0.0360. The first-order valence-corrected chi connectivity index (χ1v) is 4.93. The van der Waals surface area contributed by atoms with E-state index >= 15 is 0 Å². The fourth-order valence-corrected chi connectivity index (χ4v) is 1.77. The molecule has 1 N–H and O–H groups in total. The first-order valence-electron chi connectivity index (χ1n) is 4.93. The fraction of sp³-hybridized carbons (Fsp3) is 0.900. The van der Waals surface area contributed by atoms with Crippen LogP contribution in [-0.4, -0.2) is 34.6 Å². The van der Waals surface area contributed by atoms with E-state index in [1.165, 1.54) is 0 Å². The van der Waals surface area contributed by atoms with Crippen LogP contribution in [0, 0.1) is 5.92 Å². The number of nitrogens with zero attached hydrogens (tertiary/aromatic N) is 1. The van der Waals surface area contributed by atoms with E-state index in [1.54, 1.807) is 11.8 Å². The molecule has 0 aromatic rings. The molecule has 3 nitrogen and oxygen atoms in total. The molecule has 0 saturated carbocycles. The highest BCUT2D eigenvalue weighted by Crippen LogP contribution is 2.21. The number of aliphatic hydroxyl groups is 1. The summed E-state index contributed by atoms with van der Waals surface area (Å²) in [4.78, 5) is 13.4. The first-order chi connectivity index (χ1) is 5.92. The van der Waals surface area contributed by atoms with Gasteiger partial charge >= 0.3 is 0 Å². The standard InChI is InChI=1S/C10H19NO2/c1-8(2)9(12)11-6-4-5-10(3,13)7-11/h8,13H,4-7H2,1-3H3. The van der Waals surface area contributed by atoms with Crippen molar-refractivity contribution in [1.82, 2.24) is 4.90 Å². The minimum Gasteiger partial charge on any atom is -0.388 e. The summed E-state index contributed by atoms with van der Waals surface area (Å²) in [5.41, 5.74) is -0.678. The van der Waals surface area contributed by atoms with Crippen LogP contribution >= 0.6 is 0 Å². The number of hydrogen-bond acceptors (Lipinski definition) is 2. The molecule has 1 rings (SSSR count). The molecular weight excluding hydrogens is 166 g/mol. The van der Waals surface area contributed by atoms with Gasteiger partial charge in [0.2, 0.25) is 5.91 Å². The van der Waals surface area contributed by atoms with Gasteiger partial charge in [-0.05, 0) is 19.8 Å². The Hall–Kier alpha value is -0.570. The Balaban J connectivity index is 2.57. The smallest absolute Gasteiger partial charge is 0.225 e. The number of carbonyl (C=O) groups is 1. The average Bonchev–Trinajstić information content (AvgIpc) is 2.01. The second-order valence-corrected chi connectivity index (χ2v) is 4.51. The third-order valence-electron chi connectivity index (χ3n) is 2.48. The summed E-state index contributed by atoms with van der Waals surface area (Å²) in [6.45, 7) is 6.88. The minimum atomic E-state index is -0.678. The maximum Gasteiger partial charge on any atom is 0.225 e. The lowest BCUT2D eigenvalue weighted by Gasteiger charge is -2.37. The summed E-state index contributed by atoms with van der Waals surface area (Å²) in [6, 6.07) is 0. The van der Waals surface area contributed by atoms with Crippen LogP contribution in [0.1, 0.15) is 33.6 Å². The fourth-order valence-electron chi connectivity index (χ4n) is 1.77. The van der Waals surface area contributed by atoms with Gasteiger partial charge in [-0.3, -0.25) is 4.79 Å². The van der Waals surface area contributed by atoms with Crippen LogP contribution in [0.3, 0.4) is 0 Å². The second kappa shape index (κ2) is 3.66. The number of amides is 1. The highest BCUT2D eigenvalue weighted by atomic mass is 16.3. The molecule has 3 heteroatoms. The molecule has 13 heavy (non-hydrogen) atoms. The van der Waals surface area contributed by atoms with Crippen molar-refractivity contribution in [2.24, 2.45) is 5.92 Å². The molecule has 1 unspecified atom stereocenters. The van der Waals surface area contributed by atoms with Crippen molar-refractivity contribution in [1.29, 1.82) is 0 Å². The molecular formula is C10H19NO2. The number of β-amino-alcohol motifs (C(OH)–C–C–N with tert-alkyl or cyclic N) is 1. The molecule has 0 aliphatic carbocycles. The predicted octanol–water partition coefficient (Wildman–Crippen LogP) is 1.02. The Labute approximate surface area is 79.7 Å². The lowest BCUT2D eigenvalue weighted by molar-refractivity contribution is -0.140. The van der Waals surface area contributed by atoms with E-state index in [-0.39, 0.29) is 11.8 Å². The van der Waals surface area contributed by atoms with Crippen molar-refractivity contribution in [3.8, 4) is 0 Å². The quantitative estimate of drug-likeness (QED) is 0.662. The highest BCUT2D eigenvalue weighted by molar-refractivity contribution is 5.78. The van der Waals surface area contributed by atoms with Crippen LogP contribution in [0.15, 0.2) is 0 Å². The SMILES string of the molecule is CC(C)C(=O)N1CCCC(C)(O)C1. The zero-order valence-electron chi connectivity index (χ0n) is 8.71. The molecule has 1 atom stereocenters. The number of hydrogen-bond donors (Lipinski definition) is 1. The summed E-state index contributed by atoms with van der Waals surface area (Å²) in [5.74, 6) is 0.189. The second-order valence-electron chi connectivity index (χ2n) is 4.51. The lowest BCUT2D eigenvalue weighted by atomic mass is 9.94. The first kappa shape index (κ1) is 10.5. The Morgan fingerprint density at radius 3 is 2.62 bits per heavy atom. The van der Waals surface area contributed by atoms with E-state index in [2.05, 4.69) is 0 Å². The van der Waals surface area contributed by atoms with E-state index < -0.39 is 5.60 Å². The summed E-state index contributed by atoms with van der Waals surface area (Å²) in [5, 5.41) is 9.78. The van der Waals surface area contributed by atoms with Crippen molar-refractivity contribution in [3.05, 3.63) is 0 Å². The number of piperidine rings is 1. The summed E-state index contributed by atoms with van der Waals surface area (Å²) < 4.78 is 0. The molecule has 1 fully saturated rings. The van der Waals surface area contributed by atoms with Crippen LogP contribution in [0.5, 0.6) is 0 Å².